The molecule has 0 aliphatic rings. The summed E-state index contributed by atoms with van der Waals surface area (Å²) in [6, 6.07) is 3.97. The molecule has 0 aliphatic heterocycles. The number of carboxylic acids is 1. The average molecular weight is 255 g/mol. The van der Waals surface area contributed by atoms with Gasteiger partial charge in [0.1, 0.15) is 0 Å². The minimum absolute atomic E-state index is 0.0125. The summed E-state index contributed by atoms with van der Waals surface area (Å²) >= 11 is 1.64. The van der Waals surface area contributed by atoms with Gasteiger partial charge in [-0.2, -0.15) is 0 Å². The first kappa shape index (κ1) is 13.7. The Bertz CT molecular complexity index is 362. The SMILES string of the molecule is CCN(CCC(=O)O)C(=O)CCc1cccs1. The zero-order valence-electron chi connectivity index (χ0n) is 9.89. The van der Waals surface area contributed by atoms with Crippen molar-refractivity contribution in [1.29, 1.82) is 0 Å². The fourth-order valence-electron chi connectivity index (χ4n) is 1.53. The Morgan fingerprint density at radius 3 is 2.71 bits per heavy atom. The summed E-state index contributed by atoms with van der Waals surface area (Å²) in [5.74, 6) is -0.836. The molecule has 4 nitrogen and oxygen atoms in total. The zero-order chi connectivity index (χ0) is 12.7. The molecule has 1 aromatic heterocycles. The van der Waals surface area contributed by atoms with E-state index >= 15 is 0 Å². The third-order valence-corrected chi connectivity index (χ3v) is 3.43. The minimum Gasteiger partial charge on any atom is -0.481 e. The molecule has 0 radical (unpaired) electrons. The van der Waals surface area contributed by atoms with E-state index in [0.717, 1.165) is 6.42 Å². The lowest BCUT2D eigenvalue weighted by molar-refractivity contribution is -0.138. The van der Waals surface area contributed by atoms with Crippen molar-refractivity contribution in [3.63, 3.8) is 0 Å². The van der Waals surface area contributed by atoms with Crippen LogP contribution in [-0.2, 0) is 16.0 Å². The van der Waals surface area contributed by atoms with Crippen LogP contribution in [-0.4, -0.2) is 35.0 Å². The number of rotatable bonds is 7. The minimum atomic E-state index is -0.866. The van der Waals surface area contributed by atoms with Gasteiger partial charge in [0.15, 0.2) is 0 Å². The highest BCUT2D eigenvalue weighted by atomic mass is 32.1. The lowest BCUT2D eigenvalue weighted by Gasteiger charge is -2.19. The van der Waals surface area contributed by atoms with E-state index in [0.29, 0.717) is 19.5 Å². The third-order valence-electron chi connectivity index (χ3n) is 2.50. The molecule has 1 rings (SSSR count). The van der Waals surface area contributed by atoms with Gasteiger partial charge >= 0.3 is 5.97 Å². The summed E-state index contributed by atoms with van der Waals surface area (Å²) < 4.78 is 0. The van der Waals surface area contributed by atoms with E-state index in [1.165, 1.54) is 4.88 Å². The molecule has 1 aromatic rings. The van der Waals surface area contributed by atoms with Gasteiger partial charge in [0.05, 0.1) is 6.42 Å². The van der Waals surface area contributed by atoms with Crippen molar-refractivity contribution < 1.29 is 14.7 Å². The van der Waals surface area contributed by atoms with Crippen molar-refractivity contribution in [3.8, 4) is 0 Å². The number of aliphatic carboxylic acids is 1. The summed E-state index contributed by atoms with van der Waals surface area (Å²) in [5.41, 5.74) is 0. The van der Waals surface area contributed by atoms with Crippen molar-refractivity contribution in [1.82, 2.24) is 4.90 Å². The Morgan fingerprint density at radius 1 is 1.41 bits per heavy atom. The van der Waals surface area contributed by atoms with Gasteiger partial charge in [0, 0.05) is 24.4 Å². The second-order valence-corrected chi connectivity index (χ2v) is 4.73. The molecule has 0 unspecified atom stereocenters. The first-order chi connectivity index (χ1) is 8.13. The standard InChI is InChI=1S/C12H17NO3S/c1-2-13(8-7-12(15)16)11(14)6-5-10-4-3-9-17-10/h3-4,9H,2,5-8H2,1H3,(H,15,16). The average Bonchev–Trinajstić information content (AvgIpc) is 2.79. The third kappa shape index (κ3) is 4.99. The number of nitrogens with zero attached hydrogens (tertiary/aromatic N) is 1. The van der Waals surface area contributed by atoms with E-state index < -0.39 is 5.97 Å². The predicted octanol–water partition coefficient (Wildman–Crippen LogP) is 2.00. The van der Waals surface area contributed by atoms with Crippen LogP contribution in [0.3, 0.4) is 0 Å². The van der Waals surface area contributed by atoms with Gasteiger partial charge in [-0.3, -0.25) is 9.59 Å². The van der Waals surface area contributed by atoms with Gasteiger partial charge in [0.25, 0.3) is 0 Å². The molecule has 5 heteroatoms. The molecule has 0 aliphatic carbocycles. The number of carboxylic acid groups (broad SMARTS) is 1. The normalized spacial score (nSPS) is 10.2. The van der Waals surface area contributed by atoms with Crippen molar-refractivity contribution >= 4 is 23.2 Å². The molecule has 1 N–H and O–H groups in total. The quantitative estimate of drug-likeness (QED) is 0.810. The Balaban J connectivity index is 2.35. The highest BCUT2D eigenvalue weighted by molar-refractivity contribution is 7.09. The zero-order valence-corrected chi connectivity index (χ0v) is 10.7. The molecular weight excluding hydrogens is 238 g/mol. The maximum Gasteiger partial charge on any atom is 0.305 e. The van der Waals surface area contributed by atoms with Crippen molar-refractivity contribution in [3.05, 3.63) is 22.4 Å². The smallest absolute Gasteiger partial charge is 0.305 e. The summed E-state index contributed by atoms with van der Waals surface area (Å²) in [4.78, 5) is 25.1. The summed E-state index contributed by atoms with van der Waals surface area (Å²) in [7, 11) is 0. The Labute approximate surface area is 105 Å². The Kier molecular flexibility index (Phi) is 5.69. The summed E-state index contributed by atoms with van der Waals surface area (Å²) in [5, 5.41) is 10.6. The Morgan fingerprint density at radius 2 is 2.18 bits per heavy atom. The maximum atomic E-state index is 11.8. The number of hydrogen-bond acceptors (Lipinski definition) is 3. The molecule has 17 heavy (non-hydrogen) atoms. The number of hydrogen-bond donors (Lipinski definition) is 1. The topological polar surface area (TPSA) is 57.6 Å². The predicted molar refractivity (Wildman–Crippen MR) is 67.1 cm³/mol. The molecule has 1 amide bonds. The fraction of sp³-hybridized carbons (Fsp3) is 0.500. The van der Waals surface area contributed by atoms with Crippen LogP contribution in [0, 0.1) is 0 Å². The number of thiophene rings is 1. The van der Waals surface area contributed by atoms with E-state index in [1.807, 2.05) is 24.4 Å². The highest BCUT2D eigenvalue weighted by Gasteiger charge is 2.12. The fourth-order valence-corrected chi connectivity index (χ4v) is 2.24. The largest absolute Gasteiger partial charge is 0.481 e. The van der Waals surface area contributed by atoms with Crippen LogP contribution < -0.4 is 0 Å². The monoisotopic (exact) mass is 255 g/mol. The van der Waals surface area contributed by atoms with Gasteiger partial charge in [-0.05, 0) is 24.8 Å². The van der Waals surface area contributed by atoms with Gasteiger partial charge in [-0.25, -0.2) is 0 Å². The van der Waals surface area contributed by atoms with E-state index in [2.05, 4.69) is 0 Å². The lowest BCUT2D eigenvalue weighted by atomic mass is 10.2. The van der Waals surface area contributed by atoms with Gasteiger partial charge in [-0.15, -0.1) is 11.3 Å². The first-order valence-electron chi connectivity index (χ1n) is 5.65. The van der Waals surface area contributed by atoms with Gasteiger partial charge in [-0.1, -0.05) is 6.07 Å². The van der Waals surface area contributed by atoms with Crippen LogP contribution in [0.25, 0.3) is 0 Å². The molecule has 0 saturated carbocycles. The van der Waals surface area contributed by atoms with E-state index in [1.54, 1.807) is 16.2 Å². The molecule has 0 aromatic carbocycles. The first-order valence-corrected chi connectivity index (χ1v) is 6.53. The van der Waals surface area contributed by atoms with Crippen LogP contribution >= 0.6 is 11.3 Å². The summed E-state index contributed by atoms with van der Waals surface area (Å²) in [6.45, 7) is 2.73. The molecule has 0 bridgehead atoms. The van der Waals surface area contributed by atoms with Crippen LogP contribution in [0.15, 0.2) is 17.5 Å². The van der Waals surface area contributed by atoms with Crippen LogP contribution in [0.1, 0.15) is 24.6 Å². The molecular formula is C12H17NO3S. The molecule has 94 valence electrons. The van der Waals surface area contributed by atoms with E-state index in [-0.39, 0.29) is 12.3 Å². The molecule has 0 fully saturated rings. The number of amides is 1. The molecule has 1 heterocycles. The highest BCUT2D eigenvalue weighted by Crippen LogP contribution is 2.11. The number of carbonyl (C=O) groups excluding carboxylic acids is 1. The number of aryl methyl sites for hydroxylation is 1. The molecule has 0 saturated heterocycles. The van der Waals surface area contributed by atoms with Crippen LogP contribution in [0.4, 0.5) is 0 Å². The second kappa shape index (κ2) is 7.06. The van der Waals surface area contributed by atoms with Crippen LogP contribution in [0.5, 0.6) is 0 Å². The van der Waals surface area contributed by atoms with Crippen molar-refractivity contribution in [2.45, 2.75) is 26.2 Å². The molecule has 0 atom stereocenters. The van der Waals surface area contributed by atoms with E-state index in [4.69, 9.17) is 5.11 Å². The van der Waals surface area contributed by atoms with Crippen molar-refractivity contribution in [2.24, 2.45) is 0 Å². The maximum absolute atomic E-state index is 11.8. The summed E-state index contributed by atoms with van der Waals surface area (Å²) in [6.07, 6.45) is 1.20. The number of carbonyl (C=O) groups is 2. The second-order valence-electron chi connectivity index (χ2n) is 3.70. The van der Waals surface area contributed by atoms with Gasteiger partial charge in [0.2, 0.25) is 5.91 Å². The molecule has 0 spiro atoms. The van der Waals surface area contributed by atoms with E-state index in [9.17, 15) is 9.59 Å². The van der Waals surface area contributed by atoms with Gasteiger partial charge < -0.3 is 10.0 Å². The van der Waals surface area contributed by atoms with Crippen LogP contribution in [0.2, 0.25) is 0 Å². The Hall–Kier alpha value is -1.36. The van der Waals surface area contributed by atoms with Crippen molar-refractivity contribution in [2.75, 3.05) is 13.1 Å². The lowest BCUT2D eigenvalue weighted by Crippen LogP contribution is -2.32.